The van der Waals surface area contributed by atoms with Gasteiger partial charge in [-0.15, -0.1) is 5.10 Å². The number of anilines is 1. The van der Waals surface area contributed by atoms with Gasteiger partial charge in [0.2, 0.25) is 5.11 Å². The molecule has 2 N–H and O–H groups in total. The van der Waals surface area contributed by atoms with E-state index >= 15 is 0 Å². The lowest BCUT2D eigenvalue weighted by atomic mass is 10.1. The van der Waals surface area contributed by atoms with Crippen molar-refractivity contribution in [3.05, 3.63) is 11.8 Å². The van der Waals surface area contributed by atoms with Crippen LogP contribution in [0.2, 0.25) is 0 Å². The van der Waals surface area contributed by atoms with E-state index in [4.69, 9.17) is 0 Å². The number of carbonyl (C=O) groups excluding carboxylic acids is 1. The van der Waals surface area contributed by atoms with Crippen molar-refractivity contribution in [2.45, 2.75) is 20.3 Å². The molecule has 1 aromatic rings. The van der Waals surface area contributed by atoms with Crippen LogP contribution in [0.1, 0.15) is 20.3 Å². The highest BCUT2D eigenvalue weighted by molar-refractivity contribution is 7.87. The van der Waals surface area contributed by atoms with Crippen LogP contribution in [0.15, 0.2) is 16.8 Å². The van der Waals surface area contributed by atoms with Crippen LogP contribution in [0.5, 0.6) is 0 Å². The highest BCUT2D eigenvalue weighted by Crippen LogP contribution is 2.16. The zero-order valence-electron chi connectivity index (χ0n) is 11.5. The van der Waals surface area contributed by atoms with Gasteiger partial charge in [0.25, 0.3) is 11.9 Å². The summed E-state index contributed by atoms with van der Waals surface area (Å²) in [4.78, 5) is 18.4. The Bertz CT molecular complexity index is 804. The number of tetrazole rings is 1. The number of aliphatic imine (C=N–C) groups is 1. The van der Waals surface area contributed by atoms with E-state index in [-0.39, 0.29) is 17.4 Å². The second-order valence-corrected chi connectivity index (χ2v) is 5.89. The molecule has 0 spiro atoms. The Balaban J connectivity index is 1.92. The molecule has 21 heavy (non-hydrogen) atoms. The first-order valence-electron chi connectivity index (χ1n) is 6.32. The van der Waals surface area contributed by atoms with Crippen LogP contribution in [0.3, 0.4) is 0 Å². The lowest BCUT2D eigenvalue weighted by Gasteiger charge is -2.21. The van der Waals surface area contributed by atoms with E-state index in [9.17, 15) is 9.00 Å². The van der Waals surface area contributed by atoms with Crippen molar-refractivity contribution < 1.29 is 9.00 Å². The average Bonchev–Trinajstić information content (AvgIpc) is 3.07. The monoisotopic (exact) mass is 307 g/mol. The number of aromatic amines is 1. The molecular weight excluding hydrogens is 294 g/mol. The fourth-order valence-corrected chi connectivity index (χ4v) is 3.34. The molecule has 0 bridgehead atoms. The SMILES string of the molecule is CCC1=CN2CC(C(=O)Nc3nn[nH]n3)=S(=O)=C2N=C1C. The largest absolute Gasteiger partial charge is 0.317 e. The zero-order valence-corrected chi connectivity index (χ0v) is 12.3. The third-order valence-electron chi connectivity index (χ3n) is 3.19. The van der Waals surface area contributed by atoms with Gasteiger partial charge >= 0.3 is 0 Å². The molecule has 0 fully saturated rings. The van der Waals surface area contributed by atoms with Gasteiger partial charge in [0.15, 0.2) is 0 Å². The van der Waals surface area contributed by atoms with Crippen LogP contribution >= 0.6 is 0 Å². The first-order chi connectivity index (χ1) is 10.1. The van der Waals surface area contributed by atoms with E-state index in [2.05, 4.69) is 30.9 Å². The van der Waals surface area contributed by atoms with E-state index in [0.717, 1.165) is 17.7 Å². The van der Waals surface area contributed by atoms with Gasteiger partial charge in [-0.1, -0.05) is 12.0 Å². The number of H-pyrrole nitrogens is 1. The van der Waals surface area contributed by atoms with Crippen LogP contribution in [0.25, 0.3) is 0 Å². The van der Waals surface area contributed by atoms with Gasteiger partial charge in [-0.25, -0.2) is 9.20 Å². The molecule has 0 unspecified atom stereocenters. The third-order valence-corrected chi connectivity index (χ3v) is 4.61. The summed E-state index contributed by atoms with van der Waals surface area (Å²) in [5.74, 6) is -0.445. The fourth-order valence-electron chi connectivity index (χ4n) is 2.09. The van der Waals surface area contributed by atoms with Crippen LogP contribution in [-0.2, 0) is 14.8 Å². The molecule has 3 rings (SSSR count). The smallest absolute Gasteiger partial charge is 0.270 e. The van der Waals surface area contributed by atoms with Gasteiger partial charge in [-0.05, 0) is 24.1 Å². The summed E-state index contributed by atoms with van der Waals surface area (Å²) in [6.45, 7) is 4.14. The topological polar surface area (TPSA) is 116 Å². The number of rotatable bonds is 3. The fraction of sp³-hybridized carbons (Fsp3) is 0.364. The summed E-state index contributed by atoms with van der Waals surface area (Å²) in [6, 6.07) is 0. The molecule has 3 heterocycles. The maximum absolute atomic E-state index is 12.4. The van der Waals surface area contributed by atoms with E-state index in [1.807, 2.05) is 20.0 Å². The number of carbonyl (C=O) groups is 1. The summed E-state index contributed by atoms with van der Waals surface area (Å²) < 4.78 is 12.4. The van der Waals surface area contributed by atoms with Crippen molar-refractivity contribution in [3.8, 4) is 0 Å². The minimum absolute atomic E-state index is 0.0452. The molecule has 9 nitrogen and oxygen atoms in total. The van der Waals surface area contributed by atoms with Crippen LogP contribution in [-0.4, -0.2) is 57.9 Å². The van der Waals surface area contributed by atoms with Gasteiger partial charge < -0.3 is 4.90 Å². The number of aromatic nitrogens is 4. The van der Waals surface area contributed by atoms with Gasteiger partial charge in [-0.3, -0.25) is 10.1 Å². The average molecular weight is 307 g/mol. The molecule has 10 heteroatoms. The maximum atomic E-state index is 12.4. The second-order valence-electron chi connectivity index (χ2n) is 4.50. The number of hydrogen-bond donors (Lipinski definition) is 2. The molecule has 0 radical (unpaired) electrons. The number of hydrogen-bond acceptors (Lipinski definition) is 7. The summed E-state index contributed by atoms with van der Waals surface area (Å²) in [7, 11) is -1.58. The summed E-state index contributed by atoms with van der Waals surface area (Å²) in [5.41, 5.74) is 1.90. The molecule has 0 saturated carbocycles. The van der Waals surface area contributed by atoms with E-state index in [1.165, 1.54) is 0 Å². The Labute approximate surface area is 121 Å². The van der Waals surface area contributed by atoms with Gasteiger partial charge in [-0.2, -0.15) is 5.21 Å². The van der Waals surface area contributed by atoms with Crippen LogP contribution < -0.4 is 5.32 Å². The van der Waals surface area contributed by atoms with Crippen molar-refractivity contribution in [1.82, 2.24) is 25.5 Å². The standard InChI is InChI=1S/C11H13N7O2S/c1-3-7-4-18-5-8(21(20)11(18)12-6(7)2)9(19)13-10-14-16-17-15-10/h4H,3,5H2,1-2H3,(H2,13,14,15,16,17,19). The van der Waals surface area contributed by atoms with Crippen LogP contribution in [0, 0.1) is 0 Å². The zero-order chi connectivity index (χ0) is 15.0. The normalized spacial score (nSPS) is 17.6. The lowest BCUT2D eigenvalue weighted by Crippen LogP contribution is -2.33. The molecule has 2 aliphatic heterocycles. The number of amides is 1. The Kier molecular flexibility index (Phi) is 3.29. The molecule has 0 saturated heterocycles. The summed E-state index contributed by atoms with van der Waals surface area (Å²) >= 11 is 0. The molecule has 0 aromatic carbocycles. The van der Waals surface area contributed by atoms with Crippen molar-refractivity contribution in [2.24, 2.45) is 4.99 Å². The number of allylic oxidation sites excluding steroid dienone is 1. The van der Waals surface area contributed by atoms with Crippen molar-refractivity contribution >= 4 is 37.5 Å². The number of nitrogens with zero attached hydrogens (tertiary/aromatic N) is 5. The minimum Gasteiger partial charge on any atom is -0.317 e. The summed E-state index contributed by atoms with van der Waals surface area (Å²) in [5, 5.41) is 15.7. The third kappa shape index (κ3) is 2.33. The van der Waals surface area contributed by atoms with Gasteiger partial charge in [0, 0.05) is 11.9 Å². The quantitative estimate of drug-likeness (QED) is 0.708. The lowest BCUT2D eigenvalue weighted by molar-refractivity contribution is -0.110. The highest BCUT2D eigenvalue weighted by atomic mass is 32.1. The number of nitrogens with one attached hydrogen (secondary N) is 2. The Morgan fingerprint density at radius 1 is 1.57 bits per heavy atom. The molecule has 1 aromatic heterocycles. The molecular formula is C11H13N7O2S. The molecule has 0 atom stereocenters. The van der Waals surface area contributed by atoms with E-state index in [1.54, 1.807) is 4.90 Å². The van der Waals surface area contributed by atoms with Crippen molar-refractivity contribution in [2.75, 3.05) is 11.9 Å². The van der Waals surface area contributed by atoms with Crippen LogP contribution in [0.4, 0.5) is 5.95 Å². The highest BCUT2D eigenvalue weighted by Gasteiger charge is 2.28. The maximum Gasteiger partial charge on any atom is 0.270 e. The molecule has 110 valence electrons. The second kappa shape index (κ2) is 5.13. The Morgan fingerprint density at radius 3 is 3.05 bits per heavy atom. The number of fused-ring (bicyclic) bond motifs is 1. The van der Waals surface area contributed by atoms with E-state index < -0.39 is 15.9 Å². The van der Waals surface area contributed by atoms with Crippen molar-refractivity contribution in [1.29, 1.82) is 0 Å². The van der Waals surface area contributed by atoms with Crippen molar-refractivity contribution in [3.63, 3.8) is 0 Å². The first-order valence-corrected chi connectivity index (χ1v) is 7.47. The van der Waals surface area contributed by atoms with Gasteiger partial charge in [0.1, 0.15) is 4.86 Å². The van der Waals surface area contributed by atoms with Gasteiger partial charge in [0.05, 0.1) is 16.5 Å². The predicted octanol–water partition coefficient (Wildman–Crippen LogP) is -0.769. The Hall–Kier alpha value is -2.49. The Morgan fingerprint density at radius 2 is 2.38 bits per heavy atom. The molecule has 0 aliphatic carbocycles. The predicted molar refractivity (Wildman–Crippen MR) is 79.2 cm³/mol. The summed E-state index contributed by atoms with van der Waals surface area (Å²) in [6.07, 6.45) is 2.72. The first kappa shape index (κ1) is 13.5. The molecule has 1 amide bonds. The van der Waals surface area contributed by atoms with E-state index in [0.29, 0.717) is 5.11 Å². The minimum atomic E-state index is -1.58. The molecule has 2 aliphatic rings.